The normalized spacial score (nSPS) is 13.8. The maximum absolute atomic E-state index is 14.8. The number of imidazole rings is 1. The van der Waals surface area contributed by atoms with E-state index in [0.29, 0.717) is 35.7 Å². The van der Waals surface area contributed by atoms with Crippen LogP contribution in [0.15, 0.2) is 42.5 Å². The lowest BCUT2D eigenvalue weighted by molar-refractivity contribution is -0.137. The van der Waals surface area contributed by atoms with Gasteiger partial charge in [0, 0.05) is 12.2 Å². The molecule has 1 heterocycles. The van der Waals surface area contributed by atoms with Crippen molar-refractivity contribution in [3.8, 4) is 0 Å². The number of anilines is 1. The highest BCUT2D eigenvalue weighted by Crippen LogP contribution is 2.31. The standard InChI is InChI=1S/C25H27F4N3O4.C2H6/c1-4-10-36-21(15(2)34)16-8-9-20-19(12-16)30-23(32(20)13-24(3,26)14-33)31-22(35)17-6-5-7-18(11-17)25(27,28)29;1-2/h5-9,11-12,21,33H,4,10,13-14H2,1-3H3,(H,30,31,35);1-2H3. The first-order chi connectivity index (χ1) is 17.9. The van der Waals surface area contributed by atoms with Crippen molar-refractivity contribution in [2.45, 2.75) is 65.5 Å². The maximum atomic E-state index is 14.8. The molecule has 1 aromatic heterocycles. The van der Waals surface area contributed by atoms with Gasteiger partial charge in [0.2, 0.25) is 5.95 Å². The van der Waals surface area contributed by atoms with Crippen LogP contribution < -0.4 is 5.32 Å². The van der Waals surface area contributed by atoms with E-state index in [-0.39, 0.29) is 17.3 Å². The van der Waals surface area contributed by atoms with Gasteiger partial charge in [-0.2, -0.15) is 13.2 Å². The van der Waals surface area contributed by atoms with Crippen molar-refractivity contribution in [2.75, 3.05) is 18.5 Å². The van der Waals surface area contributed by atoms with Gasteiger partial charge in [-0.3, -0.25) is 14.9 Å². The molecule has 0 fully saturated rings. The molecule has 0 aliphatic rings. The number of carbonyl (C=O) groups excluding carboxylic acids is 2. The summed E-state index contributed by atoms with van der Waals surface area (Å²) >= 11 is 0. The fourth-order valence-electron chi connectivity index (χ4n) is 3.64. The molecular formula is C27H33F4N3O4. The van der Waals surface area contributed by atoms with Crippen molar-refractivity contribution in [2.24, 2.45) is 0 Å². The fraction of sp³-hybridized carbons (Fsp3) is 0.444. The van der Waals surface area contributed by atoms with Gasteiger partial charge in [0.1, 0.15) is 11.8 Å². The van der Waals surface area contributed by atoms with E-state index in [0.717, 1.165) is 19.1 Å². The third kappa shape index (κ3) is 7.61. The minimum Gasteiger partial charge on any atom is -0.393 e. The van der Waals surface area contributed by atoms with Crippen LogP contribution in [0.5, 0.6) is 0 Å². The molecule has 2 aromatic carbocycles. The van der Waals surface area contributed by atoms with Crippen molar-refractivity contribution in [1.29, 1.82) is 0 Å². The van der Waals surface area contributed by atoms with Crippen LogP contribution in [-0.4, -0.2) is 45.2 Å². The molecule has 0 saturated carbocycles. The number of benzene rings is 2. The number of aromatic nitrogens is 2. The van der Waals surface area contributed by atoms with E-state index in [4.69, 9.17) is 4.74 Å². The van der Waals surface area contributed by atoms with Crippen molar-refractivity contribution in [3.63, 3.8) is 0 Å². The van der Waals surface area contributed by atoms with Crippen molar-refractivity contribution in [3.05, 3.63) is 59.2 Å². The predicted octanol–water partition coefficient (Wildman–Crippen LogP) is 6.11. The zero-order valence-electron chi connectivity index (χ0n) is 22.0. The van der Waals surface area contributed by atoms with Gasteiger partial charge in [0.15, 0.2) is 5.78 Å². The summed E-state index contributed by atoms with van der Waals surface area (Å²) in [6, 6.07) is 8.64. The summed E-state index contributed by atoms with van der Waals surface area (Å²) in [5, 5.41) is 11.9. The first kappa shape index (κ1) is 30.9. The minimum atomic E-state index is -4.63. The molecule has 7 nitrogen and oxygen atoms in total. The Labute approximate surface area is 218 Å². The lowest BCUT2D eigenvalue weighted by Crippen LogP contribution is -2.30. The molecular weight excluding hydrogens is 506 g/mol. The molecule has 1 amide bonds. The highest BCUT2D eigenvalue weighted by molar-refractivity contribution is 6.04. The van der Waals surface area contributed by atoms with E-state index in [1.54, 1.807) is 18.2 Å². The number of aliphatic hydroxyl groups excluding tert-OH is 1. The number of fused-ring (bicyclic) bond motifs is 1. The molecule has 0 radical (unpaired) electrons. The van der Waals surface area contributed by atoms with E-state index < -0.39 is 42.6 Å². The number of alkyl halides is 4. The van der Waals surface area contributed by atoms with Crippen LogP contribution in [0.4, 0.5) is 23.5 Å². The van der Waals surface area contributed by atoms with Crippen LogP contribution in [0.2, 0.25) is 0 Å². The van der Waals surface area contributed by atoms with E-state index in [2.05, 4.69) is 10.3 Å². The summed E-state index contributed by atoms with van der Waals surface area (Å²) in [4.78, 5) is 29.3. The summed E-state index contributed by atoms with van der Waals surface area (Å²) in [7, 11) is 0. The lowest BCUT2D eigenvalue weighted by atomic mass is 10.1. The minimum absolute atomic E-state index is 0.129. The van der Waals surface area contributed by atoms with Gasteiger partial charge < -0.3 is 14.4 Å². The maximum Gasteiger partial charge on any atom is 0.416 e. The molecule has 38 heavy (non-hydrogen) atoms. The van der Waals surface area contributed by atoms with Gasteiger partial charge in [-0.1, -0.05) is 32.9 Å². The van der Waals surface area contributed by atoms with Gasteiger partial charge in [0.25, 0.3) is 5.91 Å². The number of carbonyl (C=O) groups is 2. The summed E-state index contributed by atoms with van der Waals surface area (Å²) in [6.07, 6.45) is -4.78. The van der Waals surface area contributed by atoms with Gasteiger partial charge in [-0.25, -0.2) is 9.37 Å². The second-order valence-electron chi connectivity index (χ2n) is 8.74. The van der Waals surface area contributed by atoms with Crippen molar-refractivity contribution >= 4 is 28.7 Å². The van der Waals surface area contributed by atoms with Crippen LogP contribution in [0.3, 0.4) is 0 Å². The monoisotopic (exact) mass is 539 g/mol. The van der Waals surface area contributed by atoms with E-state index >= 15 is 0 Å². The SMILES string of the molecule is CC.CCCOC(C(C)=O)c1ccc2c(c1)nc(NC(=O)c1cccc(C(F)(F)F)c1)n2CC(C)(F)CO. The van der Waals surface area contributed by atoms with Crippen LogP contribution in [0, 0.1) is 0 Å². The third-order valence-electron chi connectivity index (χ3n) is 5.43. The Bertz CT molecular complexity index is 1250. The highest BCUT2D eigenvalue weighted by Gasteiger charge is 2.31. The molecule has 0 bridgehead atoms. The molecule has 2 unspecified atom stereocenters. The van der Waals surface area contributed by atoms with Crippen molar-refractivity contribution in [1.82, 2.24) is 9.55 Å². The van der Waals surface area contributed by atoms with Crippen LogP contribution in [0.25, 0.3) is 11.0 Å². The van der Waals surface area contributed by atoms with Crippen LogP contribution in [-0.2, 0) is 22.3 Å². The Morgan fingerprint density at radius 3 is 2.39 bits per heavy atom. The molecule has 11 heteroatoms. The van der Waals surface area contributed by atoms with Gasteiger partial charge in [0.05, 0.1) is 29.7 Å². The Morgan fingerprint density at radius 2 is 1.82 bits per heavy atom. The number of amides is 1. The molecule has 2 atom stereocenters. The Balaban J connectivity index is 0.00000247. The first-order valence-corrected chi connectivity index (χ1v) is 12.3. The predicted molar refractivity (Wildman–Crippen MR) is 137 cm³/mol. The zero-order chi connectivity index (χ0) is 28.7. The quantitative estimate of drug-likeness (QED) is 0.303. The average Bonchev–Trinajstić information content (AvgIpc) is 3.20. The third-order valence-corrected chi connectivity index (χ3v) is 5.43. The Kier molecular flexibility index (Phi) is 10.5. The lowest BCUT2D eigenvalue weighted by Gasteiger charge is -2.20. The topological polar surface area (TPSA) is 93.5 Å². The number of nitrogens with one attached hydrogen (secondary N) is 1. The number of ether oxygens (including phenoxy) is 1. The molecule has 0 aliphatic heterocycles. The van der Waals surface area contributed by atoms with Crippen LogP contribution in [0.1, 0.15) is 68.6 Å². The summed E-state index contributed by atoms with van der Waals surface area (Å²) in [5.74, 6) is -1.23. The van der Waals surface area contributed by atoms with Gasteiger partial charge in [-0.15, -0.1) is 0 Å². The Morgan fingerprint density at radius 1 is 1.13 bits per heavy atom. The first-order valence-electron chi connectivity index (χ1n) is 12.3. The second-order valence-corrected chi connectivity index (χ2v) is 8.74. The average molecular weight is 540 g/mol. The molecule has 0 aliphatic carbocycles. The molecule has 0 saturated heterocycles. The zero-order valence-corrected chi connectivity index (χ0v) is 22.0. The number of rotatable bonds is 10. The summed E-state index contributed by atoms with van der Waals surface area (Å²) < 4.78 is 61.0. The summed E-state index contributed by atoms with van der Waals surface area (Å²) in [5.41, 5.74) is -2.16. The smallest absolute Gasteiger partial charge is 0.393 e. The molecule has 3 rings (SSSR count). The van der Waals surface area contributed by atoms with E-state index in [9.17, 15) is 32.3 Å². The molecule has 2 N–H and O–H groups in total. The number of halogens is 4. The Hall–Kier alpha value is -3.31. The molecule has 3 aromatic rings. The number of hydrogen-bond donors (Lipinski definition) is 2. The van der Waals surface area contributed by atoms with Gasteiger partial charge >= 0.3 is 6.18 Å². The number of ketones is 1. The fourth-order valence-corrected chi connectivity index (χ4v) is 3.64. The number of nitrogens with zero attached hydrogens (tertiary/aromatic N) is 2. The number of hydrogen-bond acceptors (Lipinski definition) is 5. The second kappa shape index (κ2) is 13.0. The largest absolute Gasteiger partial charge is 0.416 e. The highest BCUT2D eigenvalue weighted by atomic mass is 19.4. The molecule has 0 spiro atoms. The van der Waals surface area contributed by atoms with Crippen molar-refractivity contribution < 1.29 is 37.0 Å². The molecule has 208 valence electrons. The number of Topliss-reactive ketones (excluding diaryl/α,β-unsaturated/α-hetero) is 1. The van der Waals surface area contributed by atoms with E-state index in [1.165, 1.54) is 17.6 Å². The van der Waals surface area contributed by atoms with E-state index in [1.807, 2.05) is 20.8 Å². The van der Waals surface area contributed by atoms with Crippen LogP contribution >= 0.6 is 0 Å². The summed E-state index contributed by atoms with van der Waals surface area (Å²) in [6.45, 7) is 7.58. The van der Waals surface area contributed by atoms with Gasteiger partial charge in [-0.05, 0) is 56.2 Å². The number of aliphatic hydroxyl groups is 1.